The lowest BCUT2D eigenvalue weighted by Crippen LogP contribution is -2.25. The van der Waals surface area contributed by atoms with E-state index >= 15 is 0 Å². The van der Waals surface area contributed by atoms with Crippen LogP contribution in [0.5, 0.6) is 0 Å². The van der Waals surface area contributed by atoms with Crippen LogP contribution in [0.25, 0.3) is 0 Å². The molecule has 0 atom stereocenters. The van der Waals surface area contributed by atoms with Crippen LogP contribution in [0.3, 0.4) is 0 Å². The van der Waals surface area contributed by atoms with Gasteiger partial charge in [-0.2, -0.15) is 0 Å². The van der Waals surface area contributed by atoms with Gasteiger partial charge in [0.25, 0.3) is 0 Å². The van der Waals surface area contributed by atoms with Crippen LogP contribution in [-0.4, -0.2) is 28.0 Å². The number of esters is 1. The summed E-state index contributed by atoms with van der Waals surface area (Å²) >= 11 is 0. The van der Waals surface area contributed by atoms with Crippen molar-refractivity contribution in [2.75, 3.05) is 13.7 Å². The lowest BCUT2D eigenvalue weighted by atomic mass is 10.1. The van der Waals surface area contributed by atoms with Crippen molar-refractivity contribution >= 4 is 14.3 Å². The van der Waals surface area contributed by atoms with E-state index in [9.17, 15) is 4.79 Å². The zero-order valence-electron chi connectivity index (χ0n) is 12.3. The van der Waals surface area contributed by atoms with E-state index < -0.39 is 8.32 Å². The molecule has 0 bridgehead atoms. The smallest absolute Gasteiger partial charge is 0.305 e. The Labute approximate surface area is 113 Å². The minimum absolute atomic E-state index is 0.0987. The normalized spacial score (nSPS) is 12.0. The first-order valence-electron chi connectivity index (χ1n) is 6.81. The number of methoxy groups -OCH3 is 1. The summed E-state index contributed by atoms with van der Waals surface area (Å²) in [5, 5.41) is 0. The number of unbranched alkanes of at least 4 members (excludes halogenated alkanes) is 4. The van der Waals surface area contributed by atoms with E-state index in [1.807, 2.05) is 0 Å². The van der Waals surface area contributed by atoms with E-state index in [1.165, 1.54) is 20.0 Å². The summed E-state index contributed by atoms with van der Waals surface area (Å²) in [6, 6.07) is 0. The van der Waals surface area contributed by atoms with Crippen molar-refractivity contribution in [3.05, 3.63) is 12.2 Å². The third kappa shape index (κ3) is 13.5. The van der Waals surface area contributed by atoms with Crippen LogP contribution in [0.1, 0.15) is 38.5 Å². The van der Waals surface area contributed by atoms with E-state index in [2.05, 4.69) is 36.5 Å². The van der Waals surface area contributed by atoms with Crippen LogP contribution in [-0.2, 0) is 14.0 Å². The van der Waals surface area contributed by atoms with Crippen LogP contribution in [0.2, 0.25) is 19.6 Å². The van der Waals surface area contributed by atoms with Crippen LogP contribution < -0.4 is 0 Å². The summed E-state index contributed by atoms with van der Waals surface area (Å²) in [5.74, 6) is -0.0987. The molecule has 0 aromatic heterocycles. The summed E-state index contributed by atoms with van der Waals surface area (Å²) in [7, 11) is 0.0873. The molecule has 0 radical (unpaired) electrons. The molecule has 4 heteroatoms. The number of carbonyl (C=O) groups excluding carboxylic acids is 1. The summed E-state index contributed by atoms with van der Waals surface area (Å²) in [4.78, 5) is 10.9. The number of hydrogen-bond donors (Lipinski definition) is 0. The molecular weight excluding hydrogens is 244 g/mol. The quantitative estimate of drug-likeness (QED) is 0.262. The average Bonchev–Trinajstić information content (AvgIpc) is 2.29. The molecule has 3 nitrogen and oxygen atoms in total. The van der Waals surface area contributed by atoms with Crippen molar-refractivity contribution in [2.24, 2.45) is 0 Å². The predicted octanol–water partition coefficient (Wildman–Crippen LogP) is 3.91. The van der Waals surface area contributed by atoms with Gasteiger partial charge in [0.05, 0.1) is 13.7 Å². The third-order valence-electron chi connectivity index (χ3n) is 2.51. The van der Waals surface area contributed by atoms with Crippen molar-refractivity contribution in [3.8, 4) is 0 Å². The molecule has 0 aromatic rings. The first kappa shape index (κ1) is 17.4. The molecule has 0 spiro atoms. The van der Waals surface area contributed by atoms with E-state index in [0.29, 0.717) is 6.42 Å². The first-order chi connectivity index (χ1) is 8.45. The highest BCUT2D eigenvalue weighted by atomic mass is 28.4. The highest BCUT2D eigenvalue weighted by Gasteiger charge is 2.11. The van der Waals surface area contributed by atoms with Crippen molar-refractivity contribution in [1.29, 1.82) is 0 Å². The Balaban J connectivity index is 3.25. The second kappa shape index (κ2) is 10.3. The van der Waals surface area contributed by atoms with Crippen LogP contribution >= 0.6 is 0 Å². The molecule has 0 saturated carbocycles. The minimum Gasteiger partial charge on any atom is -0.469 e. The number of allylic oxidation sites excluding steroid dienone is 1. The first-order valence-corrected chi connectivity index (χ1v) is 10.2. The Morgan fingerprint density at radius 3 is 2.33 bits per heavy atom. The Hall–Kier alpha value is -0.613. The fourth-order valence-electron chi connectivity index (χ4n) is 1.47. The molecule has 0 heterocycles. The highest BCUT2D eigenvalue weighted by molar-refractivity contribution is 6.69. The fourth-order valence-corrected chi connectivity index (χ4v) is 2.07. The van der Waals surface area contributed by atoms with E-state index in [-0.39, 0.29) is 5.97 Å². The molecule has 0 N–H and O–H groups in total. The second-order valence-electron chi connectivity index (χ2n) is 5.42. The van der Waals surface area contributed by atoms with Crippen molar-refractivity contribution in [2.45, 2.75) is 58.2 Å². The summed E-state index contributed by atoms with van der Waals surface area (Å²) in [6.45, 7) is 7.34. The molecule has 0 saturated heterocycles. The highest BCUT2D eigenvalue weighted by Crippen LogP contribution is 2.07. The molecule has 0 amide bonds. The molecule has 0 aliphatic carbocycles. The second-order valence-corrected chi connectivity index (χ2v) is 9.94. The van der Waals surface area contributed by atoms with Crippen molar-refractivity contribution < 1.29 is 14.0 Å². The minimum atomic E-state index is -1.35. The molecule has 0 aliphatic heterocycles. The molecule has 0 fully saturated rings. The fraction of sp³-hybridized carbons (Fsp3) is 0.786. The predicted molar refractivity (Wildman–Crippen MR) is 78.2 cm³/mol. The maximum Gasteiger partial charge on any atom is 0.305 e. The lowest BCUT2D eigenvalue weighted by molar-refractivity contribution is -0.140. The Morgan fingerprint density at radius 1 is 1.06 bits per heavy atom. The molecule has 18 heavy (non-hydrogen) atoms. The number of carbonyl (C=O) groups is 1. The maximum absolute atomic E-state index is 10.9. The van der Waals surface area contributed by atoms with Crippen molar-refractivity contribution in [3.63, 3.8) is 0 Å². The Bertz CT molecular complexity index is 244. The number of ether oxygens (including phenoxy) is 1. The topological polar surface area (TPSA) is 35.5 Å². The van der Waals surface area contributed by atoms with Gasteiger partial charge in [0, 0.05) is 6.42 Å². The standard InChI is InChI=1S/C14H28O3Si/c1-16-14(15)12-10-8-6-5-7-9-11-13-17-18(2,3)4/h9,11H,5-8,10,12-13H2,1-4H3/b11-9+. The Kier molecular flexibility index (Phi) is 9.97. The molecule has 0 unspecified atom stereocenters. The van der Waals surface area contributed by atoms with Gasteiger partial charge in [0.15, 0.2) is 8.32 Å². The molecule has 106 valence electrons. The van der Waals surface area contributed by atoms with E-state index in [4.69, 9.17) is 4.43 Å². The van der Waals surface area contributed by atoms with Crippen LogP contribution in [0, 0.1) is 0 Å². The van der Waals surface area contributed by atoms with Gasteiger partial charge in [-0.05, 0) is 38.9 Å². The summed E-state index contributed by atoms with van der Waals surface area (Å²) in [6.07, 6.45) is 10.4. The van der Waals surface area contributed by atoms with Gasteiger partial charge in [-0.15, -0.1) is 0 Å². The van der Waals surface area contributed by atoms with Gasteiger partial charge in [0.2, 0.25) is 0 Å². The maximum atomic E-state index is 10.9. The van der Waals surface area contributed by atoms with Crippen LogP contribution in [0.15, 0.2) is 12.2 Å². The number of rotatable bonds is 10. The van der Waals surface area contributed by atoms with Gasteiger partial charge in [-0.1, -0.05) is 25.0 Å². The van der Waals surface area contributed by atoms with Gasteiger partial charge < -0.3 is 9.16 Å². The molecule has 0 aliphatic rings. The van der Waals surface area contributed by atoms with Gasteiger partial charge in [-0.25, -0.2) is 0 Å². The van der Waals surface area contributed by atoms with E-state index in [1.54, 1.807) is 0 Å². The third-order valence-corrected chi connectivity index (χ3v) is 3.54. The van der Waals surface area contributed by atoms with Gasteiger partial charge in [0.1, 0.15) is 0 Å². The molecule has 0 rings (SSSR count). The average molecular weight is 272 g/mol. The van der Waals surface area contributed by atoms with E-state index in [0.717, 1.165) is 25.9 Å². The summed E-state index contributed by atoms with van der Waals surface area (Å²) < 4.78 is 10.3. The molecular formula is C14H28O3Si. The number of hydrogen-bond acceptors (Lipinski definition) is 3. The largest absolute Gasteiger partial charge is 0.469 e. The zero-order valence-corrected chi connectivity index (χ0v) is 13.3. The summed E-state index contributed by atoms with van der Waals surface area (Å²) in [5.41, 5.74) is 0. The monoisotopic (exact) mass is 272 g/mol. The van der Waals surface area contributed by atoms with Crippen LogP contribution in [0.4, 0.5) is 0 Å². The zero-order chi connectivity index (χ0) is 13.9. The Morgan fingerprint density at radius 2 is 1.72 bits per heavy atom. The van der Waals surface area contributed by atoms with Crippen molar-refractivity contribution in [1.82, 2.24) is 0 Å². The SMILES string of the molecule is COC(=O)CCCCCC/C=C/CO[Si](C)(C)C. The van der Waals surface area contributed by atoms with Gasteiger partial charge in [-0.3, -0.25) is 4.79 Å². The lowest BCUT2D eigenvalue weighted by Gasteiger charge is -2.14. The molecule has 0 aromatic carbocycles. The van der Waals surface area contributed by atoms with Gasteiger partial charge >= 0.3 is 5.97 Å².